The van der Waals surface area contributed by atoms with Crippen LogP contribution in [0.4, 0.5) is 5.82 Å². The van der Waals surface area contributed by atoms with Crippen LogP contribution in [0, 0.1) is 6.92 Å². The van der Waals surface area contributed by atoms with Crippen molar-refractivity contribution in [3.63, 3.8) is 0 Å². The van der Waals surface area contributed by atoms with E-state index in [-0.39, 0.29) is 30.6 Å². The van der Waals surface area contributed by atoms with Gasteiger partial charge in [-0.1, -0.05) is 24.3 Å². The molecule has 0 saturated carbocycles. The first-order valence-electron chi connectivity index (χ1n) is 16.0. The van der Waals surface area contributed by atoms with Crippen molar-refractivity contribution in [1.29, 1.82) is 0 Å². The Hall–Kier alpha value is -4.87. The average Bonchev–Trinajstić information content (AvgIpc) is 3.46. The molecule has 0 aliphatic carbocycles. The Bertz CT molecular complexity index is 1770. The number of ether oxygens (including phenoxy) is 4. The summed E-state index contributed by atoms with van der Waals surface area (Å²) in [6.45, 7) is 6.98. The van der Waals surface area contributed by atoms with Gasteiger partial charge >= 0.3 is 0 Å². The number of likely N-dealkylation sites (tertiary alicyclic amines) is 1. The minimum absolute atomic E-state index is 0.210. The van der Waals surface area contributed by atoms with E-state index >= 15 is 0 Å². The first kappa shape index (κ1) is 30.8. The first-order valence-corrected chi connectivity index (χ1v) is 16.0. The van der Waals surface area contributed by atoms with E-state index in [4.69, 9.17) is 23.9 Å². The molecule has 244 valence electrons. The molecule has 2 saturated heterocycles. The number of anilines is 1. The molecule has 4 aliphatic rings. The molecule has 3 aromatic carbocycles. The largest absolute Gasteiger partial charge is 0.493 e. The average molecular weight is 638 g/mol. The molecule has 2 atom stereocenters. The molecule has 5 heterocycles. The van der Waals surface area contributed by atoms with Crippen LogP contribution in [0.5, 0.6) is 17.2 Å². The second-order valence-electron chi connectivity index (χ2n) is 12.3. The Labute approximate surface area is 273 Å². The van der Waals surface area contributed by atoms with Crippen LogP contribution in [0.15, 0.2) is 66.7 Å². The van der Waals surface area contributed by atoms with Gasteiger partial charge in [-0.15, -0.1) is 0 Å². The van der Waals surface area contributed by atoms with Gasteiger partial charge in [-0.05, 0) is 60.5 Å². The van der Waals surface area contributed by atoms with Crippen LogP contribution in [0.25, 0.3) is 10.9 Å². The lowest BCUT2D eigenvalue weighted by Gasteiger charge is -2.30. The third-order valence-corrected chi connectivity index (χ3v) is 8.88. The number of aromatic nitrogens is 1. The van der Waals surface area contributed by atoms with Gasteiger partial charge in [0.15, 0.2) is 18.1 Å². The molecule has 0 spiro atoms. The topological polar surface area (TPSA) is 114 Å². The van der Waals surface area contributed by atoms with Gasteiger partial charge < -0.3 is 34.5 Å². The predicted octanol–water partition coefficient (Wildman–Crippen LogP) is 3.46. The number of benzene rings is 3. The number of morpholine rings is 1. The maximum Gasteiger partial charge on any atom is 0.258 e. The summed E-state index contributed by atoms with van der Waals surface area (Å²) in [5, 5.41) is 7.19. The van der Waals surface area contributed by atoms with Crippen molar-refractivity contribution in [2.45, 2.75) is 32.2 Å². The number of methoxy groups -OCH3 is 1. The normalized spacial score (nSPS) is 20.5. The molecule has 2 N–H and O–H groups in total. The van der Waals surface area contributed by atoms with Gasteiger partial charge in [-0.2, -0.15) is 0 Å². The van der Waals surface area contributed by atoms with Crippen LogP contribution in [-0.2, 0) is 22.6 Å². The Balaban J connectivity index is 1.19. The standard InChI is InChI=1S/C36H39N5O6/c1-23-3-6-25-16-27(35(38-29(25)15-23)41-11-13-45-14-12-41)19-40-20-30-33(21-40)47-28-8-4-24(5-9-28)18-37-34(42)22-46-32-17-26(36(43)39-30)7-10-31(32)44-2/h3-10,15-17,30,33H,11-14,18-22H2,1-2H3,(H,37,42)(H,39,43)/t30-,33-/m0/s1. The van der Waals surface area contributed by atoms with Crippen molar-refractivity contribution in [2.24, 2.45) is 0 Å². The minimum atomic E-state index is -0.308. The molecular weight excluding hydrogens is 598 g/mol. The van der Waals surface area contributed by atoms with Crippen molar-refractivity contribution >= 4 is 28.5 Å². The summed E-state index contributed by atoms with van der Waals surface area (Å²) in [6, 6.07) is 21.0. The quantitative estimate of drug-likeness (QED) is 0.347. The highest BCUT2D eigenvalue weighted by molar-refractivity contribution is 5.95. The zero-order valence-corrected chi connectivity index (χ0v) is 26.7. The van der Waals surface area contributed by atoms with Gasteiger partial charge in [0.05, 0.1) is 31.9 Å². The maximum absolute atomic E-state index is 13.7. The SMILES string of the molecule is COc1ccc2cc1OCC(=O)NCc1ccc(cc1)O[C@H]1CN(Cc3cc4ccc(C)cc4nc3N3CCOCC3)C[C@@H]1NC2=O. The van der Waals surface area contributed by atoms with Crippen molar-refractivity contribution in [3.8, 4) is 17.2 Å². The lowest BCUT2D eigenvalue weighted by Crippen LogP contribution is -2.45. The molecule has 4 bridgehead atoms. The van der Waals surface area contributed by atoms with Gasteiger partial charge in [0, 0.05) is 55.8 Å². The summed E-state index contributed by atoms with van der Waals surface area (Å²) in [5.74, 6) is 1.88. The molecule has 4 aromatic rings. The Kier molecular flexibility index (Phi) is 8.82. The second-order valence-corrected chi connectivity index (χ2v) is 12.3. The van der Waals surface area contributed by atoms with Gasteiger partial charge in [-0.3, -0.25) is 14.5 Å². The summed E-state index contributed by atoms with van der Waals surface area (Å²) in [5.41, 5.74) is 4.62. The van der Waals surface area contributed by atoms with Crippen LogP contribution < -0.4 is 29.7 Å². The lowest BCUT2D eigenvalue weighted by atomic mass is 10.1. The molecular formula is C36H39N5O6. The highest BCUT2D eigenvalue weighted by Crippen LogP contribution is 2.30. The van der Waals surface area contributed by atoms with E-state index in [1.54, 1.807) is 18.2 Å². The summed E-state index contributed by atoms with van der Waals surface area (Å²) in [7, 11) is 1.52. The third-order valence-electron chi connectivity index (χ3n) is 8.88. The van der Waals surface area contributed by atoms with Crippen LogP contribution in [0.3, 0.4) is 0 Å². The number of carbonyl (C=O) groups is 2. The van der Waals surface area contributed by atoms with Gasteiger partial charge in [0.25, 0.3) is 11.8 Å². The van der Waals surface area contributed by atoms with E-state index < -0.39 is 0 Å². The molecule has 8 rings (SSSR count). The summed E-state index contributed by atoms with van der Waals surface area (Å²) in [6.07, 6.45) is -0.308. The fourth-order valence-corrected chi connectivity index (χ4v) is 6.39. The first-order chi connectivity index (χ1) is 22.9. The number of amides is 2. The predicted molar refractivity (Wildman–Crippen MR) is 177 cm³/mol. The molecule has 11 nitrogen and oxygen atoms in total. The second kappa shape index (κ2) is 13.5. The number of carbonyl (C=O) groups excluding carboxylic acids is 2. The number of nitrogens with one attached hydrogen (secondary N) is 2. The van der Waals surface area contributed by atoms with Gasteiger partial charge in [0.1, 0.15) is 17.7 Å². The third kappa shape index (κ3) is 6.96. The number of fused-ring (bicyclic) bond motifs is 8. The van der Waals surface area contributed by atoms with E-state index in [2.05, 4.69) is 51.6 Å². The molecule has 0 unspecified atom stereocenters. The van der Waals surface area contributed by atoms with E-state index in [0.717, 1.165) is 40.9 Å². The number of aryl methyl sites for hydroxylation is 1. The van der Waals surface area contributed by atoms with Gasteiger partial charge in [0.2, 0.25) is 0 Å². The number of hydrogen-bond donors (Lipinski definition) is 2. The van der Waals surface area contributed by atoms with E-state index in [1.807, 2.05) is 24.3 Å². The number of nitrogens with zero attached hydrogens (tertiary/aromatic N) is 3. The zero-order valence-electron chi connectivity index (χ0n) is 26.7. The Morgan fingerprint density at radius 3 is 2.62 bits per heavy atom. The fraction of sp³-hybridized carbons (Fsp3) is 0.361. The number of hydrogen-bond acceptors (Lipinski definition) is 9. The maximum atomic E-state index is 13.7. The minimum Gasteiger partial charge on any atom is -0.493 e. The van der Waals surface area contributed by atoms with Crippen LogP contribution >= 0.6 is 0 Å². The monoisotopic (exact) mass is 637 g/mol. The lowest BCUT2D eigenvalue weighted by molar-refractivity contribution is -0.123. The smallest absolute Gasteiger partial charge is 0.258 e. The summed E-state index contributed by atoms with van der Waals surface area (Å²) >= 11 is 0. The van der Waals surface area contributed by atoms with Gasteiger partial charge in [-0.25, -0.2) is 4.98 Å². The fourth-order valence-electron chi connectivity index (χ4n) is 6.39. The highest BCUT2D eigenvalue weighted by atomic mass is 16.5. The van der Waals surface area contributed by atoms with Crippen LogP contribution in [-0.4, -0.2) is 87.0 Å². The number of pyridine rings is 1. The highest BCUT2D eigenvalue weighted by Gasteiger charge is 2.36. The molecule has 0 radical (unpaired) electrons. The van der Waals surface area contributed by atoms with Crippen LogP contribution in [0.2, 0.25) is 0 Å². The molecule has 2 fully saturated rings. The van der Waals surface area contributed by atoms with E-state index in [1.165, 1.54) is 12.7 Å². The molecule has 4 aliphatic heterocycles. The number of rotatable bonds is 4. The van der Waals surface area contributed by atoms with Crippen molar-refractivity contribution < 1.29 is 28.5 Å². The summed E-state index contributed by atoms with van der Waals surface area (Å²) in [4.78, 5) is 35.9. The van der Waals surface area contributed by atoms with Crippen molar-refractivity contribution in [2.75, 3.05) is 58.0 Å². The van der Waals surface area contributed by atoms with Crippen molar-refractivity contribution in [3.05, 3.63) is 89.0 Å². The molecule has 47 heavy (non-hydrogen) atoms. The van der Waals surface area contributed by atoms with Crippen LogP contribution in [0.1, 0.15) is 27.0 Å². The molecule has 1 aromatic heterocycles. The molecule has 11 heteroatoms. The van der Waals surface area contributed by atoms with E-state index in [0.29, 0.717) is 62.2 Å². The Morgan fingerprint density at radius 2 is 1.81 bits per heavy atom. The van der Waals surface area contributed by atoms with Crippen molar-refractivity contribution in [1.82, 2.24) is 20.5 Å². The summed E-state index contributed by atoms with van der Waals surface area (Å²) < 4.78 is 23.4. The Morgan fingerprint density at radius 1 is 0.979 bits per heavy atom. The van der Waals surface area contributed by atoms with E-state index in [9.17, 15) is 9.59 Å². The molecule has 2 amide bonds. The zero-order chi connectivity index (χ0) is 32.3.